The number of aryl methyl sites for hydroxylation is 1. The number of nitrogens with zero attached hydrogens (tertiary/aromatic N) is 2. The van der Waals surface area contributed by atoms with Crippen LogP contribution in [0.1, 0.15) is 32.9 Å². The smallest absolute Gasteiger partial charge is 0.0719 e. The van der Waals surface area contributed by atoms with Gasteiger partial charge in [-0.3, -0.25) is 4.68 Å². The largest absolute Gasteiger partial charge is 0.313 e. The number of thioether (sulfide) groups is 1. The molecule has 3 nitrogen and oxygen atoms in total. The van der Waals surface area contributed by atoms with E-state index in [-0.39, 0.29) is 0 Å². The maximum atomic E-state index is 4.83. The lowest BCUT2D eigenvalue weighted by molar-refractivity contribution is 0.558. The Morgan fingerprint density at radius 2 is 2.05 bits per heavy atom. The van der Waals surface area contributed by atoms with Gasteiger partial charge in [-0.2, -0.15) is 16.9 Å². The van der Waals surface area contributed by atoms with Gasteiger partial charge < -0.3 is 5.32 Å². The minimum Gasteiger partial charge on any atom is -0.313 e. The number of fused-ring (bicyclic) bond motifs is 1. The zero-order valence-corrected chi connectivity index (χ0v) is 14.2. The number of para-hydroxylation sites is 1. The Kier molecular flexibility index (Phi) is 6.58. The van der Waals surface area contributed by atoms with Gasteiger partial charge in [0.1, 0.15) is 0 Å². The molecule has 1 unspecified atom stereocenters. The van der Waals surface area contributed by atoms with Crippen LogP contribution in [-0.4, -0.2) is 33.9 Å². The second kappa shape index (κ2) is 8.44. The van der Waals surface area contributed by atoms with Gasteiger partial charge in [-0.15, -0.1) is 0 Å². The summed E-state index contributed by atoms with van der Waals surface area (Å²) in [6.45, 7) is 8.52. The molecular weight excluding hydrogens is 278 g/mol. The van der Waals surface area contributed by atoms with Crippen molar-refractivity contribution in [1.82, 2.24) is 15.1 Å². The molecule has 0 fully saturated rings. The van der Waals surface area contributed by atoms with Crippen LogP contribution >= 0.6 is 11.8 Å². The summed E-state index contributed by atoms with van der Waals surface area (Å²) in [5.74, 6) is 2.40. The Labute approximate surface area is 132 Å². The molecule has 0 aliphatic carbocycles. The Balaban J connectivity index is 2.15. The zero-order valence-electron chi connectivity index (χ0n) is 13.4. The molecule has 1 heterocycles. The van der Waals surface area contributed by atoms with E-state index in [9.17, 15) is 0 Å². The summed E-state index contributed by atoms with van der Waals surface area (Å²) in [6.07, 6.45) is 2.26. The van der Waals surface area contributed by atoms with Crippen LogP contribution in [0.25, 0.3) is 10.9 Å². The molecule has 0 aliphatic heterocycles. The number of rotatable bonds is 9. The summed E-state index contributed by atoms with van der Waals surface area (Å²) in [4.78, 5) is 0. The first kappa shape index (κ1) is 16.4. The SMILES string of the molecule is CCCSCC(Cc1nn(CC)c2ccccc12)NCC. The summed E-state index contributed by atoms with van der Waals surface area (Å²) >= 11 is 2.04. The van der Waals surface area contributed by atoms with Crippen LogP contribution in [0.5, 0.6) is 0 Å². The van der Waals surface area contributed by atoms with Crippen molar-refractivity contribution in [3.8, 4) is 0 Å². The third kappa shape index (κ3) is 4.24. The Morgan fingerprint density at radius 3 is 2.76 bits per heavy atom. The van der Waals surface area contributed by atoms with Crippen LogP contribution in [0.4, 0.5) is 0 Å². The lowest BCUT2D eigenvalue weighted by atomic mass is 10.1. The highest BCUT2D eigenvalue weighted by Gasteiger charge is 2.14. The molecule has 2 rings (SSSR count). The first-order valence-electron chi connectivity index (χ1n) is 8.05. The van der Waals surface area contributed by atoms with Crippen LogP contribution in [0, 0.1) is 0 Å². The molecule has 0 bridgehead atoms. The second-order valence-corrected chi connectivity index (χ2v) is 6.46. The van der Waals surface area contributed by atoms with Crippen LogP contribution in [0.15, 0.2) is 24.3 Å². The molecule has 2 aromatic rings. The highest BCUT2D eigenvalue weighted by atomic mass is 32.2. The average molecular weight is 305 g/mol. The topological polar surface area (TPSA) is 29.9 Å². The molecule has 0 saturated heterocycles. The van der Waals surface area contributed by atoms with E-state index in [1.54, 1.807) is 0 Å². The fourth-order valence-corrected chi connectivity index (χ4v) is 3.65. The van der Waals surface area contributed by atoms with Crippen molar-refractivity contribution in [2.75, 3.05) is 18.1 Å². The minimum absolute atomic E-state index is 0.509. The van der Waals surface area contributed by atoms with Gasteiger partial charge in [0.25, 0.3) is 0 Å². The van der Waals surface area contributed by atoms with Gasteiger partial charge in [0.15, 0.2) is 0 Å². The molecule has 0 spiro atoms. The number of aromatic nitrogens is 2. The van der Waals surface area contributed by atoms with Gasteiger partial charge in [0.05, 0.1) is 11.2 Å². The molecule has 1 aromatic heterocycles. The molecule has 0 radical (unpaired) electrons. The number of hydrogen-bond acceptors (Lipinski definition) is 3. The predicted molar refractivity (Wildman–Crippen MR) is 94.2 cm³/mol. The number of likely N-dealkylation sites (N-methyl/N-ethyl adjacent to an activating group) is 1. The van der Waals surface area contributed by atoms with E-state index in [0.717, 1.165) is 25.3 Å². The van der Waals surface area contributed by atoms with Crippen LogP contribution < -0.4 is 5.32 Å². The standard InChI is InChI=1S/C17H27N3S/c1-4-11-21-13-14(18-5-2)12-16-15-9-7-8-10-17(15)20(6-3)19-16/h7-10,14,18H,4-6,11-13H2,1-3H3. The molecule has 1 atom stereocenters. The van der Waals surface area contributed by atoms with E-state index in [2.05, 4.69) is 55.0 Å². The lowest BCUT2D eigenvalue weighted by Crippen LogP contribution is -2.33. The highest BCUT2D eigenvalue weighted by molar-refractivity contribution is 7.99. The van der Waals surface area contributed by atoms with E-state index >= 15 is 0 Å². The molecule has 0 amide bonds. The van der Waals surface area contributed by atoms with Crippen molar-refractivity contribution in [3.05, 3.63) is 30.0 Å². The monoisotopic (exact) mass is 305 g/mol. The summed E-state index contributed by atoms with van der Waals surface area (Å²) in [7, 11) is 0. The summed E-state index contributed by atoms with van der Waals surface area (Å²) < 4.78 is 2.12. The number of hydrogen-bond donors (Lipinski definition) is 1. The minimum atomic E-state index is 0.509. The van der Waals surface area contributed by atoms with Crippen molar-refractivity contribution < 1.29 is 0 Å². The van der Waals surface area contributed by atoms with E-state index in [4.69, 9.17) is 5.10 Å². The van der Waals surface area contributed by atoms with Crippen LogP contribution in [0.3, 0.4) is 0 Å². The van der Waals surface area contributed by atoms with Crippen molar-refractivity contribution in [2.45, 2.75) is 46.2 Å². The van der Waals surface area contributed by atoms with E-state index < -0.39 is 0 Å². The first-order valence-corrected chi connectivity index (χ1v) is 9.21. The molecule has 116 valence electrons. The predicted octanol–water partition coefficient (Wildman–Crippen LogP) is 3.72. The zero-order chi connectivity index (χ0) is 15.1. The van der Waals surface area contributed by atoms with Crippen molar-refractivity contribution in [1.29, 1.82) is 0 Å². The lowest BCUT2D eigenvalue weighted by Gasteiger charge is -2.16. The molecule has 0 aliphatic rings. The molecule has 0 saturated carbocycles. The number of nitrogens with one attached hydrogen (secondary N) is 1. The highest BCUT2D eigenvalue weighted by Crippen LogP contribution is 2.20. The molecular formula is C17H27N3S. The Hall–Kier alpha value is -1.00. The quantitative estimate of drug-likeness (QED) is 0.716. The third-order valence-electron chi connectivity index (χ3n) is 3.63. The third-order valence-corrected chi connectivity index (χ3v) is 4.97. The Morgan fingerprint density at radius 1 is 1.24 bits per heavy atom. The second-order valence-electron chi connectivity index (χ2n) is 5.31. The van der Waals surface area contributed by atoms with Crippen LogP contribution in [0.2, 0.25) is 0 Å². The number of benzene rings is 1. The van der Waals surface area contributed by atoms with Gasteiger partial charge in [0.2, 0.25) is 0 Å². The fraction of sp³-hybridized carbons (Fsp3) is 0.588. The summed E-state index contributed by atoms with van der Waals surface area (Å²) in [5, 5.41) is 9.75. The summed E-state index contributed by atoms with van der Waals surface area (Å²) in [6, 6.07) is 9.09. The van der Waals surface area contributed by atoms with E-state index in [0.29, 0.717) is 6.04 Å². The molecule has 21 heavy (non-hydrogen) atoms. The molecule has 1 aromatic carbocycles. The van der Waals surface area contributed by atoms with Gasteiger partial charge >= 0.3 is 0 Å². The maximum Gasteiger partial charge on any atom is 0.0719 e. The van der Waals surface area contributed by atoms with Gasteiger partial charge in [-0.25, -0.2) is 0 Å². The maximum absolute atomic E-state index is 4.83. The van der Waals surface area contributed by atoms with Crippen LogP contribution in [-0.2, 0) is 13.0 Å². The van der Waals surface area contributed by atoms with Crippen molar-refractivity contribution >= 4 is 22.7 Å². The normalized spacial score (nSPS) is 12.9. The Bertz CT molecular complexity index is 550. The van der Waals surface area contributed by atoms with Gasteiger partial charge in [-0.1, -0.05) is 32.0 Å². The van der Waals surface area contributed by atoms with E-state index in [1.807, 2.05) is 11.8 Å². The van der Waals surface area contributed by atoms with Gasteiger partial charge in [-0.05, 0) is 31.7 Å². The van der Waals surface area contributed by atoms with E-state index in [1.165, 1.54) is 28.8 Å². The molecule has 4 heteroatoms. The fourth-order valence-electron chi connectivity index (χ4n) is 2.67. The summed E-state index contributed by atoms with van der Waals surface area (Å²) in [5.41, 5.74) is 2.49. The molecule has 1 N–H and O–H groups in total. The average Bonchev–Trinajstić information content (AvgIpc) is 2.86. The van der Waals surface area contributed by atoms with Crippen molar-refractivity contribution in [3.63, 3.8) is 0 Å². The van der Waals surface area contributed by atoms with Gasteiger partial charge in [0, 0.05) is 30.1 Å². The first-order chi connectivity index (χ1) is 10.3. The van der Waals surface area contributed by atoms with Crippen molar-refractivity contribution in [2.24, 2.45) is 0 Å².